The quantitative estimate of drug-likeness (QED) is 0.810. The van der Waals surface area contributed by atoms with Gasteiger partial charge in [0.25, 0.3) is 0 Å². The summed E-state index contributed by atoms with van der Waals surface area (Å²) in [6.45, 7) is 11.8. The van der Waals surface area contributed by atoms with Crippen molar-refractivity contribution in [1.29, 1.82) is 0 Å². The van der Waals surface area contributed by atoms with Crippen LogP contribution in [0.2, 0.25) is 0 Å². The standard InChI is InChI=1S/C14H28N4/c1-7-8-18-9-12(2)16-13(18)15-10-14(3,4)11-17(5)6/h9H,7-8,10-11H2,1-6H3,(H,15,16). The lowest BCUT2D eigenvalue weighted by atomic mass is 9.93. The Morgan fingerprint density at radius 2 is 2.06 bits per heavy atom. The van der Waals surface area contributed by atoms with Crippen LogP contribution in [0.5, 0.6) is 0 Å². The minimum Gasteiger partial charge on any atom is -0.355 e. The average Bonchev–Trinajstić information content (AvgIpc) is 2.55. The fraction of sp³-hybridized carbons (Fsp3) is 0.786. The Hall–Kier alpha value is -1.03. The lowest BCUT2D eigenvalue weighted by molar-refractivity contribution is 0.253. The fourth-order valence-corrected chi connectivity index (χ4v) is 2.33. The van der Waals surface area contributed by atoms with Gasteiger partial charge in [0.2, 0.25) is 5.95 Å². The number of imidazole rings is 1. The molecule has 0 radical (unpaired) electrons. The monoisotopic (exact) mass is 252 g/mol. The molecule has 0 amide bonds. The van der Waals surface area contributed by atoms with Crippen molar-refractivity contribution in [1.82, 2.24) is 14.5 Å². The van der Waals surface area contributed by atoms with Crippen LogP contribution in [-0.4, -0.2) is 41.6 Å². The number of aromatic nitrogens is 2. The zero-order chi connectivity index (χ0) is 13.8. The molecule has 0 unspecified atom stereocenters. The van der Waals surface area contributed by atoms with E-state index in [9.17, 15) is 0 Å². The summed E-state index contributed by atoms with van der Waals surface area (Å²) >= 11 is 0. The van der Waals surface area contributed by atoms with E-state index in [-0.39, 0.29) is 5.41 Å². The molecule has 0 spiro atoms. The van der Waals surface area contributed by atoms with Gasteiger partial charge >= 0.3 is 0 Å². The predicted molar refractivity (Wildman–Crippen MR) is 78.1 cm³/mol. The number of hydrogen-bond acceptors (Lipinski definition) is 3. The van der Waals surface area contributed by atoms with E-state index in [0.717, 1.165) is 37.7 Å². The highest BCUT2D eigenvalue weighted by atomic mass is 15.2. The molecule has 4 nitrogen and oxygen atoms in total. The number of anilines is 1. The first-order valence-electron chi connectivity index (χ1n) is 6.76. The Morgan fingerprint density at radius 3 is 2.61 bits per heavy atom. The molecule has 0 saturated carbocycles. The molecule has 1 rings (SSSR count). The van der Waals surface area contributed by atoms with Gasteiger partial charge in [-0.1, -0.05) is 20.8 Å². The summed E-state index contributed by atoms with van der Waals surface area (Å²) < 4.78 is 2.21. The highest BCUT2D eigenvalue weighted by molar-refractivity contribution is 5.29. The number of nitrogens with zero attached hydrogens (tertiary/aromatic N) is 3. The van der Waals surface area contributed by atoms with E-state index in [1.807, 2.05) is 6.92 Å². The van der Waals surface area contributed by atoms with E-state index in [4.69, 9.17) is 0 Å². The molecule has 0 saturated heterocycles. The average molecular weight is 252 g/mol. The van der Waals surface area contributed by atoms with E-state index in [1.54, 1.807) is 0 Å². The highest BCUT2D eigenvalue weighted by Crippen LogP contribution is 2.18. The van der Waals surface area contributed by atoms with Gasteiger partial charge in [0.1, 0.15) is 0 Å². The molecule has 0 aromatic carbocycles. The molecular formula is C14H28N4. The van der Waals surface area contributed by atoms with Crippen LogP contribution in [0.25, 0.3) is 0 Å². The Morgan fingerprint density at radius 1 is 1.39 bits per heavy atom. The molecule has 0 aliphatic carbocycles. The molecule has 1 aromatic rings. The van der Waals surface area contributed by atoms with Crippen molar-refractivity contribution in [2.24, 2.45) is 5.41 Å². The van der Waals surface area contributed by atoms with E-state index in [0.29, 0.717) is 0 Å². The molecule has 0 aliphatic heterocycles. The number of hydrogen-bond donors (Lipinski definition) is 1. The second-order valence-corrected chi connectivity index (χ2v) is 6.15. The molecule has 0 aliphatic rings. The van der Waals surface area contributed by atoms with Crippen LogP contribution in [0.15, 0.2) is 6.20 Å². The van der Waals surface area contributed by atoms with Gasteiger partial charge in [-0.3, -0.25) is 0 Å². The van der Waals surface area contributed by atoms with Crippen LogP contribution in [0.4, 0.5) is 5.95 Å². The minimum atomic E-state index is 0.237. The Balaban J connectivity index is 2.62. The molecule has 1 N–H and O–H groups in total. The van der Waals surface area contributed by atoms with Gasteiger partial charge < -0.3 is 14.8 Å². The third-order valence-corrected chi connectivity index (χ3v) is 2.83. The summed E-state index contributed by atoms with van der Waals surface area (Å²) in [4.78, 5) is 6.78. The topological polar surface area (TPSA) is 33.1 Å². The van der Waals surface area contributed by atoms with Crippen LogP contribution in [0.3, 0.4) is 0 Å². The van der Waals surface area contributed by atoms with E-state index >= 15 is 0 Å². The van der Waals surface area contributed by atoms with Crippen molar-refractivity contribution in [2.45, 2.75) is 40.7 Å². The third-order valence-electron chi connectivity index (χ3n) is 2.83. The van der Waals surface area contributed by atoms with Gasteiger partial charge in [0.15, 0.2) is 0 Å². The molecule has 104 valence electrons. The summed E-state index contributed by atoms with van der Waals surface area (Å²) in [6.07, 6.45) is 3.25. The third kappa shape index (κ3) is 4.69. The summed E-state index contributed by atoms with van der Waals surface area (Å²) in [5.41, 5.74) is 1.32. The highest BCUT2D eigenvalue weighted by Gasteiger charge is 2.19. The molecular weight excluding hydrogens is 224 g/mol. The largest absolute Gasteiger partial charge is 0.355 e. The Kier molecular flexibility index (Phi) is 5.20. The fourth-order valence-electron chi connectivity index (χ4n) is 2.33. The van der Waals surface area contributed by atoms with E-state index in [2.05, 4.69) is 60.8 Å². The normalized spacial score (nSPS) is 12.2. The minimum absolute atomic E-state index is 0.237. The zero-order valence-corrected chi connectivity index (χ0v) is 12.7. The van der Waals surface area contributed by atoms with Crippen molar-refractivity contribution < 1.29 is 0 Å². The first-order valence-corrected chi connectivity index (χ1v) is 6.76. The molecule has 18 heavy (non-hydrogen) atoms. The summed E-state index contributed by atoms with van der Waals surface area (Å²) in [6, 6.07) is 0. The first-order chi connectivity index (χ1) is 8.34. The second kappa shape index (κ2) is 6.23. The van der Waals surface area contributed by atoms with Gasteiger partial charge in [-0.05, 0) is 32.9 Å². The molecule has 0 fully saturated rings. The maximum Gasteiger partial charge on any atom is 0.203 e. The van der Waals surface area contributed by atoms with Crippen LogP contribution in [0.1, 0.15) is 32.9 Å². The predicted octanol–water partition coefficient (Wildman–Crippen LogP) is 2.60. The van der Waals surface area contributed by atoms with Gasteiger partial charge in [-0.15, -0.1) is 0 Å². The van der Waals surface area contributed by atoms with Crippen LogP contribution in [-0.2, 0) is 6.54 Å². The number of rotatable bonds is 7. The van der Waals surface area contributed by atoms with Crippen molar-refractivity contribution in [3.05, 3.63) is 11.9 Å². The Labute approximate surface area is 111 Å². The van der Waals surface area contributed by atoms with Crippen LogP contribution < -0.4 is 5.32 Å². The van der Waals surface area contributed by atoms with Crippen molar-refractivity contribution in [2.75, 3.05) is 32.5 Å². The second-order valence-electron chi connectivity index (χ2n) is 6.15. The van der Waals surface area contributed by atoms with Gasteiger partial charge in [0, 0.05) is 25.8 Å². The summed E-state index contributed by atoms with van der Waals surface area (Å²) in [5, 5.41) is 3.49. The molecule has 4 heteroatoms. The van der Waals surface area contributed by atoms with Crippen LogP contribution >= 0.6 is 0 Å². The van der Waals surface area contributed by atoms with Crippen LogP contribution in [0, 0.1) is 12.3 Å². The SMILES string of the molecule is CCCn1cc(C)nc1NCC(C)(C)CN(C)C. The molecule has 0 atom stereocenters. The number of nitrogens with one attached hydrogen (secondary N) is 1. The Bertz CT molecular complexity index is 366. The lowest BCUT2D eigenvalue weighted by Gasteiger charge is -2.28. The molecule has 0 bridgehead atoms. The summed E-state index contributed by atoms with van der Waals surface area (Å²) in [7, 11) is 4.23. The first kappa shape index (κ1) is 15.0. The number of aryl methyl sites for hydroxylation is 2. The van der Waals surface area contributed by atoms with E-state index < -0.39 is 0 Å². The lowest BCUT2D eigenvalue weighted by Crippen LogP contribution is -2.34. The smallest absolute Gasteiger partial charge is 0.203 e. The van der Waals surface area contributed by atoms with Crippen molar-refractivity contribution in [3.8, 4) is 0 Å². The zero-order valence-electron chi connectivity index (χ0n) is 12.7. The van der Waals surface area contributed by atoms with Gasteiger partial charge in [0.05, 0.1) is 5.69 Å². The maximum absolute atomic E-state index is 4.55. The van der Waals surface area contributed by atoms with Crippen molar-refractivity contribution >= 4 is 5.95 Å². The maximum atomic E-state index is 4.55. The van der Waals surface area contributed by atoms with Gasteiger partial charge in [-0.2, -0.15) is 0 Å². The molecule has 1 aromatic heterocycles. The van der Waals surface area contributed by atoms with E-state index in [1.165, 1.54) is 0 Å². The van der Waals surface area contributed by atoms with Gasteiger partial charge in [-0.25, -0.2) is 4.98 Å². The van der Waals surface area contributed by atoms with Crippen molar-refractivity contribution in [3.63, 3.8) is 0 Å². The molecule has 1 heterocycles. The summed E-state index contributed by atoms with van der Waals surface area (Å²) in [5.74, 6) is 1.00.